The first-order valence-electron chi connectivity index (χ1n) is 10.9. The van der Waals surface area contributed by atoms with Gasteiger partial charge in [-0.15, -0.1) is 0 Å². The van der Waals surface area contributed by atoms with Crippen LogP contribution in [0.3, 0.4) is 0 Å². The van der Waals surface area contributed by atoms with E-state index in [1.165, 1.54) is 24.5 Å². The first kappa shape index (κ1) is 18.9. The van der Waals surface area contributed by atoms with Crippen LogP contribution in [0, 0.1) is 11.8 Å². The Kier molecular flexibility index (Phi) is 4.35. The van der Waals surface area contributed by atoms with Crippen LogP contribution in [-0.2, 0) is 26.2 Å². The first-order chi connectivity index (χ1) is 14.0. The standard InChI is InChI=1S/C24H30N2O3/c1-4-16-10-15-12-24(23(28)29-3)21-19(18-7-5-6-8-20(18)25-21)11-17(9-14(2)27)26(13-15)22(16)24/h5-8,15-17,22,25H,4,9-13H2,1-3H3/t15-,16+,17-,22+,24-/m1/s1. The topological polar surface area (TPSA) is 62.4 Å². The molecule has 1 aromatic carbocycles. The highest BCUT2D eigenvalue weighted by Gasteiger charge is 2.64. The van der Waals surface area contributed by atoms with Crippen molar-refractivity contribution in [2.75, 3.05) is 13.7 Å². The number of piperidine rings is 2. The van der Waals surface area contributed by atoms with Crippen molar-refractivity contribution in [1.82, 2.24) is 9.88 Å². The number of esters is 1. The Morgan fingerprint density at radius 1 is 1.31 bits per heavy atom. The van der Waals surface area contributed by atoms with Gasteiger partial charge in [-0.25, -0.2) is 0 Å². The third-order valence-electron chi connectivity index (χ3n) is 7.79. The Morgan fingerprint density at radius 2 is 2.10 bits per heavy atom. The summed E-state index contributed by atoms with van der Waals surface area (Å²) < 4.78 is 5.48. The summed E-state index contributed by atoms with van der Waals surface area (Å²) in [6, 6.07) is 8.54. The summed E-state index contributed by atoms with van der Waals surface area (Å²) in [4.78, 5) is 31.9. The van der Waals surface area contributed by atoms with Crippen LogP contribution in [0.25, 0.3) is 10.9 Å². The highest BCUT2D eigenvalue weighted by atomic mass is 16.5. The maximum Gasteiger partial charge on any atom is 0.319 e. The number of nitrogens with one attached hydrogen (secondary N) is 1. The molecule has 2 saturated heterocycles. The summed E-state index contributed by atoms with van der Waals surface area (Å²) in [5.41, 5.74) is 2.66. The Hall–Kier alpha value is -2.14. The largest absolute Gasteiger partial charge is 0.468 e. The van der Waals surface area contributed by atoms with Crippen LogP contribution in [-0.4, -0.2) is 47.4 Å². The number of nitrogens with zero attached hydrogens (tertiary/aromatic N) is 1. The van der Waals surface area contributed by atoms with Crippen molar-refractivity contribution in [1.29, 1.82) is 0 Å². The molecule has 3 aliphatic heterocycles. The van der Waals surface area contributed by atoms with Gasteiger partial charge in [-0.2, -0.15) is 0 Å². The van der Waals surface area contributed by atoms with E-state index in [0.29, 0.717) is 18.3 Å². The normalized spacial score (nSPS) is 35.2. The van der Waals surface area contributed by atoms with E-state index >= 15 is 0 Å². The van der Waals surface area contributed by atoms with Crippen LogP contribution in [0.2, 0.25) is 0 Å². The van der Waals surface area contributed by atoms with Gasteiger partial charge in [0.25, 0.3) is 0 Å². The highest BCUT2D eigenvalue weighted by molar-refractivity contribution is 5.92. The Labute approximate surface area is 171 Å². The van der Waals surface area contributed by atoms with Gasteiger partial charge in [0.15, 0.2) is 0 Å². The van der Waals surface area contributed by atoms with E-state index in [1.54, 1.807) is 6.92 Å². The molecule has 0 spiro atoms. The molecular weight excluding hydrogens is 364 g/mol. The van der Waals surface area contributed by atoms with Crippen LogP contribution in [0.4, 0.5) is 0 Å². The number of aromatic nitrogens is 1. The molecule has 154 valence electrons. The van der Waals surface area contributed by atoms with Crippen LogP contribution in [0.15, 0.2) is 24.3 Å². The molecule has 29 heavy (non-hydrogen) atoms. The number of Topliss-reactive ketones (excluding diaryl/α,β-unsaturated/α-hetero) is 1. The zero-order valence-corrected chi connectivity index (χ0v) is 17.5. The fourth-order valence-corrected chi connectivity index (χ4v) is 6.89. The molecule has 1 aromatic heterocycles. The molecule has 4 heterocycles. The minimum absolute atomic E-state index is 0.0867. The van der Waals surface area contributed by atoms with Crippen LogP contribution >= 0.6 is 0 Å². The van der Waals surface area contributed by atoms with E-state index in [0.717, 1.165) is 37.0 Å². The summed E-state index contributed by atoms with van der Waals surface area (Å²) >= 11 is 0. The third-order valence-corrected chi connectivity index (χ3v) is 7.79. The number of hydrogen-bond acceptors (Lipinski definition) is 4. The molecular formula is C24H30N2O3. The molecule has 2 aromatic rings. The third kappa shape index (κ3) is 2.56. The molecule has 0 amide bonds. The van der Waals surface area contributed by atoms with Gasteiger partial charge in [0.2, 0.25) is 0 Å². The number of fused-ring (bicyclic) bond motifs is 4. The van der Waals surface area contributed by atoms with Crippen molar-refractivity contribution >= 4 is 22.7 Å². The molecule has 1 N–H and O–H groups in total. The fourth-order valence-electron chi connectivity index (χ4n) is 6.89. The quantitative estimate of drug-likeness (QED) is 0.805. The van der Waals surface area contributed by atoms with Gasteiger partial charge in [-0.1, -0.05) is 31.5 Å². The van der Waals surface area contributed by atoms with Gasteiger partial charge in [-0.05, 0) is 49.7 Å². The Morgan fingerprint density at radius 3 is 2.83 bits per heavy atom. The van der Waals surface area contributed by atoms with Gasteiger partial charge in [-0.3, -0.25) is 14.5 Å². The summed E-state index contributed by atoms with van der Waals surface area (Å²) in [5, 5.41) is 1.18. The lowest BCUT2D eigenvalue weighted by atomic mass is 9.56. The number of aromatic amines is 1. The van der Waals surface area contributed by atoms with Crippen LogP contribution in [0.5, 0.6) is 0 Å². The molecule has 1 aliphatic carbocycles. The molecule has 3 fully saturated rings. The zero-order chi connectivity index (χ0) is 20.3. The molecule has 4 aliphatic rings. The van der Waals surface area contributed by atoms with Crippen molar-refractivity contribution in [2.45, 2.75) is 63.5 Å². The number of benzene rings is 1. The van der Waals surface area contributed by atoms with E-state index in [-0.39, 0.29) is 23.8 Å². The number of ketones is 1. The Balaban J connectivity index is 1.80. The van der Waals surface area contributed by atoms with Gasteiger partial charge in [0.1, 0.15) is 11.2 Å². The van der Waals surface area contributed by atoms with Crippen molar-refractivity contribution in [3.63, 3.8) is 0 Å². The van der Waals surface area contributed by atoms with Crippen molar-refractivity contribution in [3.8, 4) is 0 Å². The SMILES string of the molecule is CC[C@H]1C[C@H]2CN3[C@H](CC(C)=O)Cc4c([nH]c5ccccc45)[C@](C(=O)OC)(C2)[C@H]13. The fraction of sp³-hybridized carbons (Fsp3) is 0.583. The van der Waals surface area contributed by atoms with Crippen LogP contribution < -0.4 is 0 Å². The van der Waals surface area contributed by atoms with E-state index in [1.807, 2.05) is 6.07 Å². The summed E-state index contributed by atoms with van der Waals surface area (Å²) in [6.07, 6.45) is 4.38. The number of ether oxygens (including phenoxy) is 1. The average Bonchev–Trinajstić information content (AvgIpc) is 3.07. The molecule has 0 radical (unpaired) electrons. The lowest BCUT2D eigenvalue weighted by Gasteiger charge is -2.59. The molecule has 5 nitrogen and oxygen atoms in total. The van der Waals surface area contributed by atoms with E-state index in [9.17, 15) is 9.59 Å². The highest BCUT2D eigenvalue weighted by Crippen LogP contribution is 2.56. The molecule has 6 rings (SSSR count). The van der Waals surface area contributed by atoms with E-state index in [2.05, 4.69) is 35.0 Å². The first-order valence-corrected chi connectivity index (χ1v) is 10.9. The smallest absolute Gasteiger partial charge is 0.319 e. The minimum atomic E-state index is -0.670. The number of H-pyrrole nitrogens is 1. The van der Waals surface area contributed by atoms with Gasteiger partial charge >= 0.3 is 5.97 Å². The molecule has 4 bridgehead atoms. The number of carbonyl (C=O) groups is 2. The summed E-state index contributed by atoms with van der Waals surface area (Å²) in [6.45, 7) is 4.91. The maximum atomic E-state index is 13.5. The number of para-hydroxylation sites is 1. The average molecular weight is 395 g/mol. The number of hydrogen-bond donors (Lipinski definition) is 1. The number of rotatable bonds is 4. The van der Waals surface area contributed by atoms with Crippen molar-refractivity contribution in [3.05, 3.63) is 35.5 Å². The molecule has 6 atom stereocenters. The Bertz CT molecular complexity index is 980. The monoisotopic (exact) mass is 394 g/mol. The van der Waals surface area contributed by atoms with Crippen molar-refractivity contribution < 1.29 is 14.3 Å². The molecule has 1 unspecified atom stereocenters. The predicted octanol–water partition coefficient (Wildman–Crippen LogP) is 3.60. The van der Waals surface area contributed by atoms with Crippen molar-refractivity contribution in [2.24, 2.45) is 11.8 Å². The maximum absolute atomic E-state index is 13.5. The second-order valence-corrected chi connectivity index (χ2v) is 9.37. The minimum Gasteiger partial charge on any atom is -0.468 e. The lowest BCUT2D eigenvalue weighted by molar-refractivity contribution is -0.164. The van der Waals surface area contributed by atoms with E-state index < -0.39 is 5.41 Å². The number of methoxy groups -OCH3 is 1. The second kappa shape index (κ2) is 6.69. The van der Waals surface area contributed by atoms with Gasteiger partial charge < -0.3 is 9.72 Å². The second-order valence-electron chi connectivity index (χ2n) is 9.37. The summed E-state index contributed by atoms with van der Waals surface area (Å²) in [7, 11) is 1.52. The molecule has 1 saturated carbocycles. The van der Waals surface area contributed by atoms with Gasteiger partial charge in [0, 0.05) is 41.6 Å². The number of carbonyl (C=O) groups excluding carboxylic acids is 2. The van der Waals surface area contributed by atoms with E-state index in [4.69, 9.17) is 4.74 Å². The van der Waals surface area contributed by atoms with Crippen LogP contribution in [0.1, 0.15) is 50.8 Å². The predicted molar refractivity (Wildman–Crippen MR) is 112 cm³/mol. The zero-order valence-electron chi connectivity index (χ0n) is 17.5. The summed E-state index contributed by atoms with van der Waals surface area (Å²) in [5.74, 6) is 0.993. The lowest BCUT2D eigenvalue weighted by Crippen LogP contribution is -2.69. The molecule has 5 heteroatoms. The van der Waals surface area contributed by atoms with Gasteiger partial charge in [0.05, 0.1) is 7.11 Å².